The Morgan fingerprint density at radius 1 is 1.33 bits per heavy atom. The molecule has 1 fully saturated rings. The summed E-state index contributed by atoms with van der Waals surface area (Å²) in [7, 11) is 0. The third-order valence-electron chi connectivity index (χ3n) is 5.08. The zero-order chi connectivity index (χ0) is 18.8. The number of carbonyl (C=O) groups excluding carboxylic acids is 2. The first-order valence-electron chi connectivity index (χ1n) is 9.14. The summed E-state index contributed by atoms with van der Waals surface area (Å²) in [6.45, 7) is 4.03. The van der Waals surface area contributed by atoms with Gasteiger partial charge in [-0.15, -0.1) is 11.3 Å². The van der Waals surface area contributed by atoms with E-state index >= 15 is 0 Å². The van der Waals surface area contributed by atoms with Crippen molar-refractivity contribution in [2.45, 2.75) is 38.8 Å². The topological polar surface area (TPSA) is 91.3 Å². The molecule has 0 aromatic carbocycles. The van der Waals surface area contributed by atoms with E-state index < -0.39 is 0 Å². The molecule has 1 N–H and O–H groups in total. The second kappa shape index (κ2) is 7.69. The van der Waals surface area contributed by atoms with Crippen LogP contribution in [-0.4, -0.2) is 56.2 Å². The first-order chi connectivity index (χ1) is 13.1. The van der Waals surface area contributed by atoms with Crippen LogP contribution in [0, 0.1) is 0 Å². The van der Waals surface area contributed by atoms with Crippen molar-refractivity contribution < 1.29 is 9.59 Å². The second-order valence-electron chi connectivity index (χ2n) is 6.90. The zero-order valence-corrected chi connectivity index (χ0v) is 16.0. The maximum Gasteiger partial charge on any atom is 0.240 e. The number of nitrogens with one attached hydrogen (secondary N) is 1. The molecule has 4 rings (SSSR count). The van der Waals surface area contributed by atoms with Crippen molar-refractivity contribution in [3.05, 3.63) is 34.9 Å². The Balaban J connectivity index is 1.44. The van der Waals surface area contributed by atoms with Gasteiger partial charge in [0.1, 0.15) is 5.82 Å². The quantitative estimate of drug-likeness (QED) is 0.858. The number of amides is 2. The summed E-state index contributed by atoms with van der Waals surface area (Å²) in [6.07, 6.45) is 6.24. The molecular formula is C18H22N6O2S. The van der Waals surface area contributed by atoms with Crippen LogP contribution in [0.15, 0.2) is 17.8 Å². The summed E-state index contributed by atoms with van der Waals surface area (Å²) in [5.74, 6) is 0.800. The van der Waals surface area contributed by atoms with E-state index in [0.717, 1.165) is 42.9 Å². The average molecular weight is 386 g/mol. The number of hydrogen-bond acceptors (Lipinski definition) is 7. The summed E-state index contributed by atoms with van der Waals surface area (Å²) in [5, 5.41) is 5.29. The number of aromatic nitrogens is 3. The van der Waals surface area contributed by atoms with Crippen molar-refractivity contribution in [1.29, 1.82) is 0 Å². The standard InChI is InChI=1S/C18H22N6O2S/c1-12(25)23-7-4-14-13(10-23)9-20-17(21-14)15-3-2-6-24(15)11-16(26)22-18-19-5-8-27-18/h5,8-9,15H,2-4,6-7,10-11H2,1H3,(H,19,22,26)/t15-/m0/s1. The van der Waals surface area contributed by atoms with Crippen molar-refractivity contribution in [3.8, 4) is 0 Å². The molecule has 142 valence electrons. The second-order valence-corrected chi connectivity index (χ2v) is 7.80. The third kappa shape index (κ3) is 3.98. The molecule has 2 aromatic heterocycles. The fraction of sp³-hybridized carbons (Fsp3) is 0.500. The van der Waals surface area contributed by atoms with Crippen LogP contribution in [0.5, 0.6) is 0 Å². The lowest BCUT2D eigenvalue weighted by Crippen LogP contribution is -2.36. The minimum absolute atomic E-state index is 0.0585. The molecule has 2 aliphatic rings. The van der Waals surface area contributed by atoms with Gasteiger partial charge in [-0.25, -0.2) is 15.0 Å². The Kier molecular flexibility index (Phi) is 5.13. The van der Waals surface area contributed by atoms with Crippen LogP contribution < -0.4 is 5.32 Å². The van der Waals surface area contributed by atoms with Gasteiger partial charge in [0, 0.05) is 49.8 Å². The van der Waals surface area contributed by atoms with E-state index in [1.54, 1.807) is 13.1 Å². The largest absolute Gasteiger partial charge is 0.338 e. The first-order valence-corrected chi connectivity index (χ1v) is 10.0. The van der Waals surface area contributed by atoms with Gasteiger partial charge in [-0.05, 0) is 19.4 Å². The van der Waals surface area contributed by atoms with Crippen molar-refractivity contribution in [3.63, 3.8) is 0 Å². The molecule has 0 spiro atoms. The normalized spacial score (nSPS) is 19.7. The van der Waals surface area contributed by atoms with Crippen LogP contribution in [0.1, 0.15) is 42.9 Å². The molecule has 2 amide bonds. The van der Waals surface area contributed by atoms with Crippen molar-refractivity contribution in [1.82, 2.24) is 24.8 Å². The zero-order valence-electron chi connectivity index (χ0n) is 15.2. The smallest absolute Gasteiger partial charge is 0.240 e. The summed E-state index contributed by atoms with van der Waals surface area (Å²) in [5.41, 5.74) is 2.04. The SMILES string of the molecule is CC(=O)N1CCc2nc([C@@H]3CCCN3CC(=O)Nc3nccs3)ncc2C1. The van der Waals surface area contributed by atoms with Gasteiger partial charge in [-0.2, -0.15) is 0 Å². The number of likely N-dealkylation sites (tertiary alicyclic amines) is 1. The minimum Gasteiger partial charge on any atom is -0.338 e. The highest BCUT2D eigenvalue weighted by Crippen LogP contribution is 2.30. The van der Waals surface area contributed by atoms with Crippen molar-refractivity contribution in [2.24, 2.45) is 0 Å². The van der Waals surface area contributed by atoms with E-state index in [-0.39, 0.29) is 17.9 Å². The summed E-state index contributed by atoms with van der Waals surface area (Å²) in [6, 6.07) is 0.0585. The van der Waals surface area contributed by atoms with Gasteiger partial charge in [-0.1, -0.05) is 0 Å². The van der Waals surface area contributed by atoms with Gasteiger partial charge in [-0.3, -0.25) is 14.5 Å². The van der Waals surface area contributed by atoms with Gasteiger partial charge in [0.2, 0.25) is 11.8 Å². The summed E-state index contributed by atoms with van der Waals surface area (Å²) < 4.78 is 0. The molecule has 9 heteroatoms. The van der Waals surface area contributed by atoms with E-state index in [4.69, 9.17) is 4.98 Å². The molecule has 2 aromatic rings. The van der Waals surface area contributed by atoms with Crippen LogP contribution >= 0.6 is 11.3 Å². The Morgan fingerprint density at radius 2 is 2.22 bits per heavy atom. The Morgan fingerprint density at radius 3 is 3.00 bits per heavy atom. The molecule has 1 atom stereocenters. The number of fused-ring (bicyclic) bond motifs is 1. The molecule has 4 heterocycles. The van der Waals surface area contributed by atoms with E-state index in [2.05, 4.69) is 20.2 Å². The van der Waals surface area contributed by atoms with Gasteiger partial charge >= 0.3 is 0 Å². The van der Waals surface area contributed by atoms with Gasteiger partial charge in [0.05, 0.1) is 18.3 Å². The molecule has 0 bridgehead atoms. The van der Waals surface area contributed by atoms with Crippen LogP contribution in [0.4, 0.5) is 5.13 Å². The van der Waals surface area contributed by atoms with Gasteiger partial charge < -0.3 is 10.2 Å². The van der Waals surface area contributed by atoms with E-state index in [1.807, 2.05) is 16.5 Å². The number of thiazole rings is 1. The van der Waals surface area contributed by atoms with Crippen LogP contribution in [0.25, 0.3) is 0 Å². The molecule has 0 unspecified atom stereocenters. The molecule has 0 aliphatic carbocycles. The van der Waals surface area contributed by atoms with Crippen LogP contribution in [0.2, 0.25) is 0 Å². The lowest BCUT2D eigenvalue weighted by molar-refractivity contribution is -0.129. The summed E-state index contributed by atoms with van der Waals surface area (Å²) in [4.78, 5) is 41.3. The number of anilines is 1. The highest BCUT2D eigenvalue weighted by molar-refractivity contribution is 7.13. The number of nitrogens with zero attached hydrogens (tertiary/aromatic N) is 5. The number of rotatable bonds is 4. The molecule has 8 nitrogen and oxygen atoms in total. The van der Waals surface area contributed by atoms with Gasteiger partial charge in [0.25, 0.3) is 0 Å². The van der Waals surface area contributed by atoms with E-state index in [0.29, 0.717) is 24.8 Å². The number of hydrogen-bond donors (Lipinski definition) is 1. The minimum atomic E-state index is -0.0630. The average Bonchev–Trinajstić information content (AvgIpc) is 3.32. The van der Waals surface area contributed by atoms with E-state index in [9.17, 15) is 9.59 Å². The van der Waals surface area contributed by atoms with Crippen LogP contribution in [-0.2, 0) is 22.6 Å². The lowest BCUT2D eigenvalue weighted by Gasteiger charge is -2.28. The Hall–Kier alpha value is -2.39. The number of carbonyl (C=O) groups is 2. The van der Waals surface area contributed by atoms with E-state index in [1.165, 1.54) is 11.3 Å². The van der Waals surface area contributed by atoms with Crippen molar-refractivity contribution in [2.75, 3.05) is 25.0 Å². The third-order valence-corrected chi connectivity index (χ3v) is 5.77. The lowest BCUT2D eigenvalue weighted by atomic mass is 10.1. The predicted octanol–water partition coefficient (Wildman–Crippen LogP) is 1.61. The predicted molar refractivity (Wildman–Crippen MR) is 101 cm³/mol. The molecule has 1 saturated heterocycles. The van der Waals surface area contributed by atoms with Crippen molar-refractivity contribution >= 4 is 28.3 Å². The highest BCUT2D eigenvalue weighted by Gasteiger charge is 2.31. The molecular weight excluding hydrogens is 364 g/mol. The summed E-state index contributed by atoms with van der Waals surface area (Å²) >= 11 is 1.41. The maximum absolute atomic E-state index is 12.3. The monoisotopic (exact) mass is 386 g/mol. The maximum atomic E-state index is 12.3. The fourth-order valence-electron chi connectivity index (χ4n) is 3.70. The highest BCUT2D eigenvalue weighted by atomic mass is 32.1. The molecule has 0 radical (unpaired) electrons. The van der Waals surface area contributed by atoms with Gasteiger partial charge in [0.15, 0.2) is 5.13 Å². The first kappa shape index (κ1) is 18.0. The molecule has 0 saturated carbocycles. The fourth-order valence-corrected chi connectivity index (χ4v) is 4.24. The Labute approximate surface area is 161 Å². The van der Waals surface area contributed by atoms with Crippen LogP contribution in [0.3, 0.4) is 0 Å². The molecule has 2 aliphatic heterocycles. The molecule has 27 heavy (non-hydrogen) atoms. The Bertz CT molecular complexity index is 840.